The van der Waals surface area contributed by atoms with E-state index in [2.05, 4.69) is 69.3 Å². The first kappa shape index (κ1) is 25.2. The lowest BCUT2D eigenvalue weighted by molar-refractivity contribution is -0.00929. The Morgan fingerprint density at radius 3 is 1.82 bits per heavy atom. The number of aliphatic hydroxyl groups is 1. The molecule has 0 bridgehead atoms. The largest absolute Gasteiger partial charge is 0.497 e. The summed E-state index contributed by atoms with van der Waals surface area (Å²) in [6.45, 7) is 7.71. The van der Waals surface area contributed by atoms with Gasteiger partial charge in [0.1, 0.15) is 5.75 Å². The van der Waals surface area contributed by atoms with E-state index in [1.165, 1.54) is 10.4 Å². The number of aliphatic hydroxyl groups excluding tert-OH is 1. The van der Waals surface area contributed by atoms with Crippen molar-refractivity contribution in [2.45, 2.75) is 44.9 Å². The minimum atomic E-state index is -2.58. The molecule has 3 aromatic rings. The van der Waals surface area contributed by atoms with Gasteiger partial charge in [0.05, 0.1) is 26.4 Å². The molecule has 0 fully saturated rings. The van der Waals surface area contributed by atoms with Gasteiger partial charge in [0.15, 0.2) is 0 Å². The zero-order chi connectivity index (χ0) is 23.7. The van der Waals surface area contributed by atoms with Crippen LogP contribution in [0.25, 0.3) is 0 Å². The van der Waals surface area contributed by atoms with Crippen molar-refractivity contribution in [3.8, 4) is 5.75 Å². The van der Waals surface area contributed by atoms with Crippen molar-refractivity contribution in [2.24, 2.45) is 0 Å². The summed E-state index contributed by atoms with van der Waals surface area (Å²) < 4.78 is 18.1. The van der Waals surface area contributed by atoms with Crippen LogP contribution in [0.5, 0.6) is 5.75 Å². The quantitative estimate of drug-likeness (QED) is 0.423. The molecule has 0 aliphatic heterocycles. The predicted octanol–water partition coefficient (Wildman–Crippen LogP) is 4.54. The summed E-state index contributed by atoms with van der Waals surface area (Å²) in [5.41, 5.74) is 1.04. The van der Waals surface area contributed by atoms with Gasteiger partial charge in [-0.2, -0.15) is 0 Å². The van der Waals surface area contributed by atoms with E-state index in [-0.39, 0.29) is 17.7 Å². The third kappa shape index (κ3) is 6.12. The number of ether oxygens (including phenoxy) is 2. The lowest BCUT2D eigenvalue weighted by atomic mass is 10.2. The third-order valence-electron chi connectivity index (χ3n) is 6.02. The molecule has 0 aromatic heterocycles. The van der Waals surface area contributed by atoms with E-state index in [0.717, 1.165) is 11.3 Å². The van der Waals surface area contributed by atoms with Crippen molar-refractivity contribution in [2.75, 3.05) is 20.3 Å². The highest BCUT2D eigenvalue weighted by molar-refractivity contribution is 6.99. The topological polar surface area (TPSA) is 47.9 Å². The molecule has 0 heterocycles. The molecule has 0 aliphatic rings. The molecule has 0 saturated carbocycles. The van der Waals surface area contributed by atoms with Gasteiger partial charge in [-0.3, -0.25) is 0 Å². The Bertz CT molecular complexity index is 913. The molecule has 33 heavy (non-hydrogen) atoms. The Morgan fingerprint density at radius 1 is 0.818 bits per heavy atom. The number of hydrogen-bond donors (Lipinski definition) is 1. The predicted molar refractivity (Wildman–Crippen MR) is 137 cm³/mol. The molecule has 3 aromatic carbocycles. The van der Waals surface area contributed by atoms with Gasteiger partial charge in [-0.1, -0.05) is 93.6 Å². The van der Waals surface area contributed by atoms with Gasteiger partial charge in [0.2, 0.25) is 0 Å². The standard InChI is InChI=1S/C28H36O4Si/c1-28(2,3)33(26-11-7-5-8-12-26,27-13-9-6-10-14-27)32-20-19-25(21-29)31-22-23-15-17-24(30-4)18-16-23/h5-18,25,29H,19-22H2,1-4H3. The van der Waals surface area contributed by atoms with Crippen LogP contribution in [-0.2, 0) is 15.8 Å². The highest BCUT2D eigenvalue weighted by atomic mass is 28.4. The van der Waals surface area contributed by atoms with Gasteiger partial charge in [0.25, 0.3) is 8.32 Å². The summed E-state index contributed by atoms with van der Waals surface area (Å²) in [6.07, 6.45) is 0.335. The molecular weight excluding hydrogens is 428 g/mol. The Labute approximate surface area is 199 Å². The summed E-state index contributed by atoms with van der Waals surface area (Å²) in [5, 5.41) is 12.4. The number of methoxy groups -OCH3 is 1. The van der Waals surface area contributed by atoms with Crippen molar-refractivity contribution in [3.05, 3.63) is 90.5 Å². The van der Waals surface area contributed by atoms with E-state index < -0.39 is 8.32 Å². The monoisotopic (exact) mass is 464 g/mol. The number of benzene rings is 3. The van der Waals surface area contributed by atoms with E-state index in [4.69, 9.17) is 13.9 Å². The van der Waals surface area contributed by atoms with Crippen molar-refractivity contribution < 1.29 is 19.0 Å². The Kier molecular flexibility index (Phi) is 8.86. The average Bonchev–Trinajstić information content (AvgIpc) is 2.84. The average molecular weight is 465 g/mol. The van der Waals surface area contributed by atoms with Crippen LogP contribution in [-0.4, -0.2) is 39.9 Å². The molecule has 5 heteroatoms. The fourth-order valence-electron chi connectivity index (χ4n) is 4.27. The van der Waals surface area contributed by atoms with E-state index >= 15 is 0 Å². The molecule has 1 N–H and O–H groups in total. The number of hydrogen-bond acceptors (Lipinski definition) is 4. The van der Waals surface area contributed by atoms with Crippen LogP contribution in [0.3, 0.4) is 0 Å². The molecule has 3 rings (SSSR count). The van der Waals surface area contributed by atoms with E-state index in [0.29, 0.717) is 19.6 Å². The first-order chi connectivity index (χ1) is 15.9. The van der Waals surface area contributed by atoms with Crippen molar-refractivity contribution in [3.63, 3.8) is 0 Å². The molecule has 176 valence electrons. The maximum Gasteiger partial charge on any atom is 0.261 e. The van der Waals surface area contributed by atoms with Crippen molar-refractivity contribution >= 4 is 18.7 Å². The maximum atomic E-state index is 9.92. The minimum Gasteiger partial charge on any atom is -0.497 e. The lowest BCUT2D eigenvalue weighted by Gasteiger charge is -2.43. The van der Waals surface area contributed by atoms with E-state index in [9.17, 15) is 5.11 Å². The molecule has 1 atom stereocenters. The summed E-state index contributed by atoms with van der Waals surface area (Å²) in [5.74, 6) is 0.816. The third-order valence-corrected chi connectivity index (χ3v) is 11.1. The van der Waals surface area contributed by atoms with Gasteiger partial charge < -0.3 is 19.0 Å². The molecular formula is C28H36O4Si. The van der Waals surface area contributed by atoms with Crippen molar-refractivity contribution in [1.29, 1.82) is 0 Å². The van der Waals surface area contributed by atoms with Gasteiger partial charge in [-0.15, -0.1) is 0 Å². The Morgan fingerprint density at radius 2 is 1.36 bits per heavy atom. The SMILES string of the molecule is COc1ccc(COC(CO)CCO[Si](c2ccccc2)(c2ccccc2)C(C)(C)C)cc1. The molecule has 1 unspecified atom stereocenters. The normalized spacial score (nSPS) is 13.0. The summed E-state index contributed by atoms with van der Waals surface area (Å²) in [4.78, 5) is 0. The summed E-state index contributed by atoms with van der Waals surface area (Å²) in [7, 11) is -0.926. The fraction of sp³-hybridized carbons (Fsp3) is 0.357. The first-order valence-corrected chi connectivity index (χ1v) is 13.4. The van der Waals surface area contributed by atoms with Crippen LogP contribution < -0.4 is 15.1 Å². The van der Waals surface area contributed by atoms with E-state index in [1.807, 2.05) is 36.4 Å². The zero-order valence-corrected chi connectivity index (χ0v) is 21.2. The molecule has 0 aliphatic carbocycles. The molecule has 0 radical (unpaired) electrons. The molecule has 0 spiro atoms. The maximum absolute atomic E-state index is 9.92. The van der Waals surface area contributed by atoms with Gasteiger partial charge in [-0.25, -0.2) is 0 Å². The highest BCUT2D eigenvalue weighted by Crippen LogP contribution is 2.36. The molecule has 0 amide bonds. The Hall–Kier alpha value is -2.44. The van der Waals surface area contributed by atoms with Crippen LogP contribution in [0.15, 0.2) is 84.9 Å². The van der Waals surface area contributed by atoms with Crippen molar-refractivity contribution in [1.82, 2.24) is 0 Å². The van der Waals surface area contributed by atoms with Gasteiger partial charge in [-0.05, 0) is 39.5 Å². The zero-order valence-electron chi connectivity index (χ0n) is 20.2. The highest BCUT2D eigenvalue weighted by Gasteiger charge is 2.50. The molecule has 4 nitrogen and oxygen atoms in total. The van der Waals surface area contributed by atoms with Crippen LogP contribution in [0.2, 0.25) is 5.04 Å². The summed E-state index contributed by atoms with van der Waals surface area (Å²) in [6, 6.07) is 29.0. The fourth-order valence-corrected chi connectivity index (χ4v) is 8.85. The Balaban J connectivity index is 1.74. The summed E-state index contributed by atoms with van der Waals surface area (Å²) >= 11 is 0. The van der Waals surface area contributed by atoms with Gasteiger partial charge >= 0.3 is 0 Å². The smallest absolute Gasteiger partial charge is 0.261 e. The van der Waals surface area contributed by atoms with Gasteiger partial charge in [0, 0.05) is 6.61 Å². The van der Waals surface area contributed by atoms with Crippen LogP contribution in [0.1, 0.15) is 32.8 Å². The lowest BCUT2D eigenvalue weighted by Crippen LogP contribution is -2.66. The minimum absolute atomic E-state index is 0.0414. The number of rotatable bonds is 11. The van der Waals surface area contributed by atoms with Crippen LogP contribution in [0.4, 0.5) is 0 Å². The van der Waals surface area contributed by atoms with Crippen LogP contribution in [0, 0.1) is 0 Å². The second kappa shape index (κ2) is 11.6. The molecule has 0 saturated heterocycles. The second-order valence-electron chi connectivity index (χ2n) is 9.26. The van der Waals surface area contributed by atoms with Crippen LogP contribution >= 0.6 is 0 Å². The second-order valence-corrected chi connectivity index (χ2v) is 13.6. The first-order valence-electron chi connectivity index (χ1n) is 11.5. The van der Waals surface area contributed by atoms with E-state index in [1.54, 1.807) is 7.11 Å².